The van der Waals surface area contributed by atoms with E-state index >= 15 is 0 Å². The maximum absolute atomic E-state index is 13.3. The van der Waals surface area contributed by atoms with Crippen LogP contribution in [0, 0.1) is 0 Å². The number of rotatable bonds is 5. The van der Waals surface area contributed by atoms with E-state index in [1.807, 2.05) is 60.8 Å². The van der Waals surface area contributed by atoms with Crippen molar-refractivity contribution in [3.05, 3.63) is 70.7 Å². The van der Waals surface area contributed by atoms with Gasteiger partial charge in [-0.05, 0) is 55.2 Å². The molecule has 3 amide bonds. The molecule has 1 spiro atoms. The third-order valence-corrected chi connectivity index (χ3v) is 6.65. The smallest absolute Gasteiger partial charge is 0.325 e. The van der Waals surface area contributed by atoms with Crippen molar-refractivity contribution in [3.63, 3.8) is 0 Å². The third-order valence-electron chi connectivity index (χ3n) is 5.71. The number of fused-ring (bicyclic) bond motifs is 2. The van der Waals surface area contributed by atoms with Gasteiger partial charge in [0.15, 0.2) is 0 Å². The lowest BCUT2D eigenvalue weighted by atomic mass is 9.92. The summed E-state index contributed by atoms with van der Waals surface area (Å²) in [6, 6.07) is 15.3. The number of amides is 3. The summed E-state index contributed by atoms with van der Waals surface area (Å²) in [7, 11) is 0. The molecule has 3 aromatic rings. The van der Waals surface area contributed by atoms with Crippen LogP contribution in [-0.2, 0) is 23.3 Å². The van der Waals surface area contributed by atoms with Crippen molar-refractivity contribution < 1.29 is 14.3 Å². The molecule has 0 bridgehead atoms. The summed E-state index contributed by atoms with van der Waals surface area (Å²) in [6.07, 6.45) is 1.39. The predicted octanol–water partition coefficient (Wildman–Crippen LogP) is 4.10. The van der Waals surface area contributed by atoms with Crippen LogP contribution in [0.1, 0.15) is 30.2 Å². The molecule has 2 aliphatic rings. The van der Waals surface area contributed by atoms with Gasteiger partial charge in [-0.25, -0.2) is 9.78 Å². The Morgan fingerprint density at radius 3 is 2.77 bits per heavy atom. The summed E-state index contributed by atoms with van der Waals surface area (Å²) in [4.78, 5) is 31.9. The molecule has 1 fully saturated rings. The van der Waals surface area contributed by atoms with Crippen LogP contribution in [0.25, 0.3) is 10.6 Å². The zero-order chi connectivity index (χ0) is 20.7. The van der Waals surface area contributed by atoms with E-state index in [4.69, 9.17) is 4.74 Å². The second-order valence-corrected chi connectivity index (χ2v) is 8.34. The molecule has 0 radical (unpaired) electrons. The Morgan fingerprint density at radius 1 is 1.17 bits per heavy atom. The molecule has 1 aliphatic heterocycles. The number of ether oxygens (including phenoxy) is 1. The summed E-state index contributed by atoms with van der Waals surface area (Å²) < 4.78 is 5.48. The maximum atomic E-state index is 13.3. The largest absolute Gasteiger partial charge is 0.494 e. The molecule has 152 valence electrons. The van der Waals surface area contributed by atoms with Crippen molar-refractivity contribution in [3.8, 4) is 16.3 Å². The van der Waals surface area contributed by atoms with Crippen molar-refractivity contribution in [1.29, 1.82) is 0 Å². The van der Waals surface area contributed by atoms with Crippen LogP contribution in [0.4, 0.5) is 4.79 Å². The number of benzene rings is 2. The SMILES string of the molecule is CCOc1ccc(-c2nc(CN3C(=O)NC4(CCc5ccccc54)C3=O)cs2)cc1. The summed E-state index contributed by atoms with van der Waals surface area (Å²) in [5.41, 5.74) is 2.80. The number of aromatic nitrogens is 1. The number of carbonyl (C=O) groups is 2. The van der Waals surface area contributed by atoms with Gasteiger partial charge in [0, 0.05) is 10.9 Å². The number of imide groups is 1. The van der Waals surface area contributed by atoms with Crippen molar-refractivity contribution in [2.24, 2.45) is 0 Å². The Hall–Kier alpha value is -3.19. The standard InChI is InChI=1S/C23H21N3O3S/c1-2-29-18-9-7-16(8-10-18)20-24-17(14-30-20)13-26-21(27)23(25-22(26)28)12-11-15-5-3-4-6-19(15)23/h3-10,14H,2,11-13H2,1H3,(H,25,28). The lowest BCUT2D eigenvalue weighted by Gasteiger charge is -2.22. The number of hydrogen-bond acceptors (Lipinski definition) is 5. The molecule has 6 nitrogen and oxygen atoms in total. The molecule has 0 saturated carbocycles. The van der Waals surface area contributed by atoms with Crippen LogP contribution in [-0.4, -0.2) is 28.4 Å². The molecule has 2 aromatic carbocycles. The van der Waals surface area contributed by atoms with E-state index in [0.717, 1.165) is 33.9 Å². The van der Waals surface area contributed by atoms with E-state index in [0.29, 0.717) is 18.7 Å². The second kappa shape index (κ2) is 7.25. The van der Waals surface area contributed by atoms with Gasteiger partial charge in [0.2, 0.25) is 0 Å². The van der Waals surface area contributed by atoms with Crippen LogP contribution >= 0.6 is 11.3 Å². The Morgan fingerprint density at radius 2 is 1.97 bits per heavy atom. The zero-order valence-corrected chi connectivity index (χ0v) is 17.4. The topological polar surface area (TPSA) is 71.5 Å². The molecular formula is C23H21N3O3S. The normalized spacial score (nSPS) is 20.0. The van der Waals surface area contributed by atoms with Crippen LogP contribution < -0.4 is 10.1 Å². The van der Waals surface area contributed by atoms with Gasteiger partial charge in [-0.2, -0.15) is 0 Å². The molecule has 2 heterocycles. The van der Waals surface area contributed by atoms with Gasteiger partial charge in [-0.15, -0.1) is 11.3 Å². The molecule has 30 heavy (non-hydrogen) atoms. The lowest BCUT2D eigenvalue weighted by Crippen LogP contribution is -2.41. The third kappa shape index (κ3) is 2.97. The molecule has 1 aromatic heterocycles. The molecule has 5 rings (SSSR count). The number of nitrogens with one attached hydrogen (secondary N) is 1. The van der Waals surface area contributed by atoms with E-state index in [1.54, 1.807) is 0 Å². The van der Waals surface area contributed by atoms with Crippen molar-refractivity contribution >= 4 is 23.3 Å². The van der Waals surface area contributed by atoms with E-state index in [9.17, 15) is 9.59 Å². The number of urea groups is 1. The highest BCUT2D eigenvalue weighted by atomic mass is 32.1. The number of aryl methyl sites for hydroxylation is 1. The minimum absolute atomic E-state index is 0.169. The van der Waals surface area contributed by atoms with Gasteiger partial charge in [-0.3, -0.25) is 9.69 Å². The fourth-order valence-corrected chi connectivity index (χ4v) is 5.08. The zero-order valence-electron chi connectivity index (χ0n) is 16.6. The second-order valence-electron chi connectivity index (χ2n) is 7.49. The highest BCUT2D eigenvalue weighted by molar-refractivity contribution is 7.13. The number of thiazole rings is 1. The van der Waals surface area contributed by atoms with Crippen molar-refractivity contribution in [2.75, 3.05) is 6.61 Å². The monoisotopic (exact) mass is 419 g/mol. The minimum atomic E-state index is -0.929. The molecule has 1 saturated heterocycles. The molecular weight excluding hydrogens is 398 g/mol. The summed E-state index contributed by atoms with van der Waals surface area (Å²) in [5.74, 6) is 0.632. The fraction of sp³-hybridized carbons (Fsp3) is 0.261. The van der Waals surface area contributed by atoms with Gasteiger partial charge in [-0.1, -0.05) is 24.3 Å². The lowest BCUT2D eigenvalue weighted by molar-refractivity contribution is -0.132. The van der Waals surface area contributed by atoms with Gasteiger partial charge in [0.25, 0.3) is 5.91 Å². The summed E-state index contributed by atoms with van der Waals surface area (Å²) >= 11 is 1.50. The highest BCUT2D eigenvalue weighted by Crippen LogP contribution is 2.41. The average molecular weight is 420 g/mol. The Labute approximate surface area is 178 Å². The molecule has 1 N–H and O–H groups in total. The van der Waals surface area contributed by atoms with E-state index < -0.39 is 5.54 Å². The minimum Gasteiger partial charge on any atom is -0.494 e. The van der Waals surface area contributed by atoms with Crippen molar-refractivity contribution in [1.82, 2.24) is 15.2 Å². The fourth-order valence-electron chi connectivity index (χ4n) is 4.27. The van der Waals surface area contributed by atoms with Crippen LogP contribution in [0.15, 0.2) is 53.9 Å². The molecule has 1 atom stereocenters. The Kier molecular flexibility index (Phi) is 4.55. The maximum Gasteiger partial charge on any atom is 0.325 e. The summed E-state index contributed by atoms with van der Waals surface area (Å²) in [5, 5.41) is 5.71. The summed E-state index contributed by atoms with van der Waals surface area (Å²) in [6.45, 7) is 2.74. The first kappa shape index (κ1) is 18.8. The van der Waals surface area contributed by atoms with Crippen LogP contribution in [0.2, 0.25) is 0 Å². The first-order valence-corrected chi connectivity index (χ1v) is 10.9. The number of hydrogen-bond donors (Lipinski definition) is 1. The number of carbonyl (C=O) groups excluding carboxylic acids is 2. The van der Waals surface area contributed by atoms with Gasteiger partial charge >= 0.3 is 6.03 Å². The predicted molar refractivity (Wildman–Crippen MR) is 114 cm³/mol. The molecule has 7 heteroatoms. The van der Waals surface area contributed by atoms with E-state index in [1.165, 1.54) is 16.2 Å². The first-order chi connectivity index (χ1) is 14.6. The number of nitrogens with zero attached hydrogens (tertiary/aromatic N) is 2. The van der Waals surface area contributed by atoms with Crippen LogP contribution in [0.5, 0.6) is 5.75 Å². The average Bonchev–Trinajstić information content (AvgIpc) is 3.44. The van der Waals surface area contributed by atoms with Crippen LogP contribution in [0.3, 0.4) is 0 Å². The molecule has 1 aliphatic carbocycles. The quantitative estimate of drug-likeness (QED) is 0.632. The van der Waals surface area contributed by atoms with Gasteiger partial charge in [0.05, 0.1) is 18.8 Å². The van der Waals surface area contributed by atoms with Gasteiger partial charge in [0.1, 0.15) is 16.3 Å². The first-order valence-electron chi connectivity index (χ1n) is 10.0. The van der Waals surface area contributed by atoms with E-state index in [2.05, 4.69) is 10.3 Å². The van der Waals surface area contributed by atoms with Crippen molar-refractivity contribution in [2.45, 2.75) is 31.8 Å². The van der Waals surface area contributed by atoms with Gasteiger partial charge < -0.3 is 10.1 Å². The Bertz CT molecular complexity index is 1120. The molecule has 1 unspecified atom stereocenters. The highest BCUT2D eigenvalue weighted by Gasteiger charge is 2.55. The Balaban J connectivity index is 1.36. The van der Waals surface area contributed by atoms with E-state index in [-0.39, 0.29) is 18.5 Å².